The summed E-state index contributed by atoms with van der Waals surface area (Å²) in [7, 11) is -3.40. The fourth-order valence-corrected chi connectivity index (χ4v) is 3.59. The maximum absolute atomic E-state index is 12.4. The van der Waals surface area contributed by atoms with Crippen molar-refractivity contribution >= 4 is 33.0 Å². The molecule has 0 spiro atoms. The molecule has 3 aromatic rings. The Morgan fingerprint density at radius 3 is 2.47 bits per heavy atom. The molecule has 0 fully saturated rings. The third-order valence-corrected chi connectivity index (χ3v) is 5.93. The first-order valence-corrected chi connectivity index (χ1v) is 11.3. The summed E-state index contributed by atoms with van der Waals surface area (Å²) in [6.07, 6.45) is 1.20. The zero-order valence-electron chi connectivity index (χ0n) is 16.7. The van der Waals surface area contributed by atoms with Gasteiger partial charge in [-0.25, -0.2) is 8.42 Å². The number of nitrogens with zero attached hydrogens (tertiary/aromatic N) is 1. The van der Waals surface area contributed by atoms with Crippen molar-refractivity contribution in [3.63, 3.8) is 0 Å². The van der Waals surface area contributed by atoms with Crippen LogP contribution in [0.2, 0.25) is 5.02 Å². The van der Waals surface area contributed by atoms with E-state index in [0.29, 0.717) is 12.4 Å². The van der Waals surface area contributed by atoms with Crippen LogP contribution in [0.15, 0.2) is 51.9 Å². The zero-order chi connectivity index (χ0) is 21.9. The van der Waals surface area contributed by atoms with Gasteiger partial charge in [0.05, 0.1) is 33.3 Å². The third kappa shape index (κ3) is 5.40. The lowest BCUT2D eigenvalue weighted by Gasteiger charge is -2.10. The van der Waals surface area contributed by atoms with Gasteiger partial charge in [-0.15, -0.1) is 0 Å². The van der Waals surface area contributed by atoms with Gasteiger partial charge in [-0.05, 0) is 49.7 Å². The van der Waals surface area contributed by atoms with E-state index in [4.69, 9.17) is 20.9 Å². The number of aryl methyl sites for hydroxylation is 2. The van der Waals surface area contributed by atoms with Crippen LogP contribution in [0.5, 0.6) is 5.75 Å². The van der Waals surface area contributed by atoms with Crippen LogP contribution >= 0.6 is 11.6 Å². The van der Waals surface area contributed by atoms with Crippen LogP contribution < -0.4 is 10.1 Å². The summed E-state index contributed by atoms with van der Waals surface area (Å²) < 4.78 is 34.3. The van der Waals surface area contributed by atoms with Crippen molar-refractivity contribution in [2.45, 2.75) is 31.8 Å². The minimum Gasteiger partial charge on any atom is -0.489 e. The molecule has 0 radical (unpaired) electrons. The summed E-state index contributed by atoms with van der Waals surface area (Å²) >= 11 is 6.08. The van der Waals surface area contributed by atoms with Gasteiger partial charge >= 0.3 is 0 Å². The molecule has 7 nitrogen and oxygen atoms in total. The molecule has 0 aliphatic rings. The number of rotatable bonds is 7. The molecular weight excluding hydrogens is 428 g/mol. The number of carbonyl (C=O) groups excluding carboxylic acids is 1. The highest BCUT2D eigenvalue weighted by molar-refractivity contribution is 7.90. The SMILES string of the molecule is Cc1noc(C)c1COc1ccc(CC(=O)Nc2cc(S(C)(=O)=O)ccc2Cl)cc1. The van der Waals surface area contributed by atoms with Gasteiger partial charge in [0, 0.05) is 6.26 Å². The van der Waals surface area contributed by atoms with Crippen molar-refractivity contribution in [3.05, 3.63) is 70.1 Å². The molecule has 0 aliphatic heterocycles. The quantitative estimate of drug-likeness (QED) is 0.584. The predicted octanol–water partition coefficient (Wildman–Crippen LogP) is 4.11. The number of sulfone groups is 1. The van der Waals surface area contributed by atoms with Crippen LogP contribution in [0.4, 0.5) is 5.69 Å². The number of ether oxygens (including phenoxy) is 1. The molecule has 3 rings (SSSR count). The standard InChI is InChI=1S/C21H21ClN2O5S/c1-13-18(14(2)29-24-13)12-28-16-6-4-15(5-7-16)10-21(25)23-20-11-17(30(3,26)27)8-9-19(20)22/h4-9,11H,10,12H2,1-3H3,(H,23,25). The van der Waals surface area contributed by atoms with Gasteiger partial charge < -0.3 is 14.6 Å². The van der Waals surface area contributed by atoms with Crippen molar-refractivity contribution in [1.82, 2.24) is 5.16 Å². The lowest BCUT2D eigenvalue weighted by Crippen LogP contribution is -2.15. The number of hydrogen-bond acceptors (Lipinski definition) is 6. The Balaban J connectivity index is 1.61. The van der Waals surface area contributed by atoms with Gasteiger partial charge in [-0.2, -0.15) is 0 Å². The van der Waals surface area contributed by atoms with Gasteiger partial charge in [0.15, 0.2) is 9.84 Å². The number of benzene rings is 2. The number of aromatic nitrogens is 1. The first-order chi connectivity index (χ1) is 14.1. The van der Waals surface area contributed by atoms with E-state index in [1.807, 2.05) is 13.8 Å². The molecule has 1 heterocycles. The molecule has 0 atom stereocenters. The second kappa shape index (κ2) is 8.89. The van der Waals surface area contributed by atoms with E-state index in [-0.39, 0.29) is 27.9 Å². The molecule has 30 heavy (non-hydrogen) atoms. The summed E-state index contributed by atoms with van der Waals surface area (Å²) in [6, 6.07) is 11.3. The topological polar surface area (TPSA) is 98.5 Å². The maximum Gasteiger partial charge on any atom is 0.228 e. The Bertz CT molecular complexity index is 1150. The Morgan fingerprint density at radius 1 is 1.17 bits per heavy atom. The summed E-state index contributed by atoms with van der Waals surface area (Å²) in [5, 5.41) is 6.81. The highest BCUT2D eigenvalue weighted by Crippen LogP contribution is 2.25. The number of nitrogens with one attached hydrogen (secondary N) is 1. The van der Waals surface area contributed by atoms with Crippen molar-refractivity contribution < 1.29 is 22.5 Å². The molecule has 0 bridgehead atoms. The summed E-state index contributed by atoms with van der Waals surface area (Å²) in [5.41, 5.74) is 2.72. The van der Waals surface area contributed by atoms with Gasteiger partial charge in [0.1, 0.15) is 18.1 Å². The van der Waals surface area contributed by atoms with Gasteiger partial charge in [-0.1, -0.05) is 28.9 Å². The molecular formula is C21H21ClN2O5S. The molecule has 0 unspecified atom stereocenters. The molecule has 1 N–H and O–H groups in total. The molecule has 158 valence electrons. The summed E-state index contributed by atoms with van der Waals surface area (Å²) in [5.74, 6) is 1.06. The largest absolute Gasteiger partial charge is 0.489 e. The fraction of sp³-hybridized carbons (Fsp3) is 0.238. The van der Waals surface area contributed by atoms with Crippen LogP contribution in [0.3, 0.4) is 0 Å². The minimum atomic E-state index is -3.40. The van der Waals surface area contributed by atoms with Crippen LogP contribution in [0.1, 0.15) is 22.6 Å². The lowest BCUT2D eigenvalue weighted by atomic mass is 10.1. The Morgan fingerprint density at radius 2 is 1.87 bits per heavy atom. The van der Waals surface area contributed by atoms with E-state index < -0.39 is 9.84 Å². The predicted molar refractivity (Wildman–Crippen MR) is 114 cm³/mol. The number of halogens is 1. The van der Waals surface area contributed by atoms with Crippen molar-refractivity contribution in [2.24, 2.45) is 0 Å². The molecule has 9 heteroatoms. The number of amides is 1. The highest BCUT2D eigenvalue weighted by atomic mass is 35.5. The Hall–Kier alpha value is -2.84. The first kappa shape index (κ1) is 21.9. The van der Waals surface area contributed by atoms with E-state index in [2.05, 4.69) is 10.5 Å². The van der Waals surface area contributed by atoms with Crippen molar-refractivity contribution in [1.29, 1.82) is 0 Å². The van der Waals surface area contributed by atoms with Crippen molar-refractivity contribution in [2.75, 3.05) is 11.6 Å². The third-order valence-electron chi connectivity index (χ3n) is 4.49. The highest BCUT2D eigenvalue weighted by Gasteiger charge is 2.13. The van der Waals surface area contributed by atoms with Crippen molar-refractivity contribution in [3.8, 4) is 5.75 Å². The zero-order valence-corrected chi connectivity index (χ0v) is 18.3. The summed E-state index contributed by atoms with van der Waals surface area (Å²) in [6.45, 7) is 4.03. The molecule has 0 saturated heterocycles. The van der Waals surface area contributed by atoms with Gasteiger partial charge in [-0.3, -0.25) is 4.79 Å². The Labute approximate surface area is 179 Å². The van der Waals surface area contributed by atoms with E-state index >= 15 is 0 Å². The Kier molecular flexibility index (Phi) is 6.48. The van der Waals surface area contributed by atoms with E-state index in [1.54, 1.807) is 24.3 Å². The van der Waals surface area contributed by atoms with Crippen LogP contribution in [-0.2, 0) is 27.7 Å². The molecule has 1 amide bonds. The van der Waals surface area contributed by atoms with Crippen LogP contribution in [-0.4, -0.2) is 25.7 Å². The monoisotopic (exact) mass is 448 g/mol. The normalized spacial score (nSPS) is 11.3. The van der Waals surface area contributed by atoms with Crippen LogP contribution in [0, 0.1) is 13.8 Å². The average Bonchev–Trinajstić information content (AvgIpc) is 3.00. The smallest absolute Gasteiger partial charge is 0.228 e. The molecule has 1 aromatic heterocycles. The average molecular weight is 449 g/mol. The number of anilines is 1. The van der Waals surface area contributed by atoms with E-state index in [0.717, 1.165) is 28.8 Å². The van der Waals surface area contributed by atoms with Gasteiger partial charge in [0.2, 0.25) is 5.91 Å². The first-order valence-electron chi connectivity index (χ1n) is 9.06. The van der Waals surface area contributed by atoms with E-state index in [1.165, 1.54) is 18.2 Å². The summed E-state index contributed by atoms with van der Waals surface area (Å²) in [4.78, 5) is 12.5. The molecule has 2 aromatic carbocycles. The molecule has 0 aliphatic carbocycles. The minimum absolute atomic E-state index is 0.0852. The number of hydrogen-bond donors (Lipinski definition) is 1. The second-order valence-corrected chi connectivity index (χ2v) is 9.30. The van der Waals surface area contributed by atoms with E-state index in [9.17, 15) is 13.2 Å². The number of carbonyl (C=O) groups is 1. The maximum atomic E-state index is 12.4. The second-order valence-electron chi connectivity index (χ2n) is 6.87. The van der Waals surface area contributed by atoms with Crippen LogP contribution in [0.25, 0.3) is 0 Å². The lowest BCUT2D eigenvalue weighted by molar-refractivity contribution is -0.115. The fourth-order valence-electron chi connectivity index (χ4n) is 2.78. The molecule has 0 saturated carbocycles. The van der Waals surface area contributed by atoms with Gasteiger partial charge in [0.25, 0.3) is 0 Å².